The molecule has 0 saturated carbocycles. The summed E-state index contributed by atoms with van der Waals surface area (Å²) in [7, 11) is -1.37. The number of para-hydroxylation sites is 1. The largest absolute Gasteiger partial charge is 0.465 e. The Morgan fingerprint density at radius 3 is 2.12 bits per heavy atom. The van der Waals surface area contributed by atoms with Crippen LogP contribution in [0.2, 0.25) is 5.04 Å². The van der Waals surface area contributed by atoms with Crippen LogP contribution in [-0.4, -0.2) is 80.5 Å². The van der Waals surface area contributed by atoms with Gasteiger partial charge in [0.2, 0.25) is 0 Å². The van der Waals surface area contributed by atoms with Crippen molar-refractivity contribution in [3.05, 3.63) is 107 Å². The van der Waals surface area contributed by atoms with Crippen LogP contribution >= 0.6 is 15.9 Å². The number of nitrogens with one attached hydrogen (secondary N) is 2. The van der Waals surface area contributed by atoms with Crippen LogP contribution in [0.3, 0.4) is 0 Å². The molecule has 6 rings (SSSR count). The molecule has 2 aliphatic heterocycles. The molecule has 2 aliphatic rings. The Balaban J connectivity index is 1.66. The number of carboxylic acid groups (broad SMARTS) is 1. The number of amides is 1. The summed E-state index contributed by atoms with van der Waals surface area (Å²) in [5.74, 6) is 0. The minimum atomic E-state index is -3.06. The fourth-order valence-electron chi connectivity index (χ4n) is 8.22. The summed E-state index contributed by atoms with van der Waals surface area (Å²) in [5.41, 5.74) is 2.77. The SMILES string of the molecule is COC(C)C1=NCC(c2[nH]c3ccccc3c2C(O[Si](c2ccccc2)(c2ccccc2)C(C)(C)C)C(C)(C)C)(C2CN(C(=O)O)CCN2)C=C1Br. The minimum absolute atomic E-state index is 0.221. The van der Waals surface area contributed by atoms with E-state index in [0.29, 0.717) is 26.2 Å². The predicted molar refractivity (Wildman–Crippen MR) is 218 cm³/mol. The van der Waals surface area contributed by atoms with E-state index in [-0.39, 0.29) is 28.7 Å². The third-order valence-corrected chi connectivity index (χ3v) is 16.5. The first-order chi connectivity index (χ1) is 24.6. The first-order valence-electron chi connectivity index (χ1n) is 18.2. The van der Waals surface area contributed by atoms with Gasteiger partial charge in [-0.15, -0.1) is 0 Å². The van der Waals surface area contributed by atoms with Crippen LogP contribution in [0.5, 0.6) is 0 Å². The highest BCUT2D eigenvalue weighted by molar-refractivity contribution is 9.12. The van der Waals surface area contributed by atoms with E-state index in [1.54, 1.807) is 7.11 Å². The third-order valence-electron chi connectivity index (χ3n) is 10.9. The molecule has 1 aromatic heterocycles. The van der Waals surface area contributed by atoms with Crippen molar-refractivity contribution >= 4 is 57.3 Å². The first-order valence-corrected chi connectivity index (χ1v) is 20.9. The molecule has 1 fully saturated rings. The normalized spacial score (nSPS) is 21.4. The highest BCUT2D eigenvalue weighted by Crippen LogP contribution is 2.51. The number of halogens is 1. The number of dihydropyridines is 1. The number of H-pyrrole nitrogens is 1. The van der Waals surface area contributed by atoms with Crippen LogP contribution < -0.4 is 15.7 Å². The Hall–Kier alpha value is -3.54. The molecule has 0 aliphatic carbocycles. The number of aliphatic imine (C=N–C) groups is 1. The number of benzene rings is 3. The van der Waals surface area contributed by atoms with Crippen LogP contribution in [0.25, 0.3) is 10.9 Å². The zero-order valence-electron chi connectivity index (χ0n) is 31.7. The highest BCUT2D eigenvalue weighted by atomic mass is 79.9. The lowest BCUT2D eigenvalue weighted by molar-refractivity contribution is 0.0753. The summed E-state index contributed by atoms with van der Waals surface area (Å²) in [5, 5.41) is 17.2. The van der Waals surface area contributed by atoms with Gasteiger partial charge in [0.15, 0.2) is 0 Å². The summed E-state index contributed by atoms with van der Waals surface area (Å²) in [6.45, 7) is 17.4. The predicted octanol–water partition coefficient (Wildman–Crippen LogP) is 7.79. The number of hydrogen-bond donors (Lipinski definition) is 3. The van der Waals surface area contributed by atoms with E-state index in [0.717, 1.165) is 32.4 Å². The smallest absolute Gasteiger partial charge is 0.407 e. The maximum Gasteiger partial charge on any atom is 0.407 e. The summed E-state index contributed by atoms with van der Waals surface area (Å²) < 4.78 is 14.7. The number of rotatable bonds is 9. The van der Waals surface area contributed by atoms with Crippen LogP contribution in [0, 0.1) is 5.41 Å². The maximum absolute atomic E-state index is 12.4. The van der Waals surface area contributed by atoms with Gasteiger partial charge in [0.05, 0.1) is 29.9 Å². The standard InChI is InChI=1S/C42H53BrN4O4Si/c1-28(50-8)36-32(43)25-42(27-45-36,34-26-47(39(48)49)24-23-44-34)37-35(31-21-15-16-22-33(31)46-37)38(40(2,3)4)51-52(41(5,6)7,29-17-11-9-12-18-29)30-19-13-10-14-20-30/h9-22,25,28,34,38,44,46H,23-24,26-27H2,1-8H3,(H,48,49). The number of nitrogens with zero attached hydrogens (tertiary/aromatic N) is 2. The molecule has 3 heterocycles. The molecule has 0 bridgehead atoms. The van der Waals surface area contributed by atoms with E-state index < -0.39 is 19.8 Å². The van der Waals surface area contributed by atoms with Crippen molar-refractivity contribution in [1.82, 2.24) is 15.2 Å². The summed E-state index contributed by atoms with van der Waals surface area (Å²) in [6.07, 6.45) is 0.722. The average molecular weight is 786 g/mol. The van der Waals surface area contributed by atoms with E-state index >= 15 is 0 Å². The van der Waals surface area contributed by atoms with Crippen LogP contribution in [-0.2, 0) is 14.6 Å². The lowest BCUT2D eigenvalue weighted by Crippen LogP contribution is -2.67. The van der Waals surface area contributed by atoms with E-state index in [9.17, 15) is 9.90 Å². The molecule has 3 aromatic carbocycles. The molecular weight excluding hydrogens is 732 g/mol. The summed E-state index contributed by atoms with van der Waals surface area (Å²) in [4.78, 5) is 23.1. The van der Waals surface area contributed by atoms with E-state index in [1.165, 1.54) is 15.3 Å². The molecule has 1 amide bonds. The Kier molecular flexibility index (Phi) is 10.8. The zero-order chi connectivity index (χ0) is 37.5. The lowest BCUT2D eigenvalue weighted by Gasteiger charge is -2.49. The van der Waals surface area contributed by atoms with Gasteiger partial charge in [-0.2, -0.15) is 0 Å². The molecule has 0 radical (unpaired) electrons. The molecule has 4 aromatic rings. The van der Waals surface area contributed by atoms with Crippen molar-refractivity contribution < 1.29 is 19.1 Å². The van der Waals surface area contributed by atoms with Crippen LogP contribution in [0.4, 0.5) is 4.79 Å². The monoisotopic (exact) mass is 784 g/mol. The summed E-state index contributed by atoms with van der Waals surface area (Å²) >= 11 is 3.92. The number of aromatic amines is 1. The molecule has 1 saturated heterocycles. The molecule has 10 heteroatoms. The number of carbonyl (C=O) groups is 1. The topological polar surface area (TPSA) is 99.2 Å². The van der Waals surface area contributed by atoms with Crippen LogP contribution in [0.15, 0.2) is 100 Å². The van der Waals surface area contributed by atoms with Gasteiger partial charge >= 0.3 is 6.09 Å². The highest BCUT2D eigenvalue weighted by Gasteiger charge is 2.55. The zero-order valence-corrected chi connectivity index (χ0v) is 34.3. The van der Waals surface area contributed by atoms with Gasteiger partial charge in [-0.1, -0.05) is 126 Å². The van der Waals surface area contributed by atoms with Crippen molar-refractivity contribution in [2.45, 2.75) is 77.2 Å². The third kappa shape index (κ3) is 6.84. The van der Waals surface area contributed by atoms with Gasteiger partial charge < -0.3 is 29.5 Å². The second kappa shape index (κ2) is 14.7. The first kappa shape index (κ1) is 38.2. The number of methoxy groups -OCH3 is 1. The fraction of sp³-hybridized carbons (Fsp3) is 0.429. The van der Waals surface area contributed by atoms with Gasteiger partial charge in [0.1, 0.15) is 0 Å². The number of aromatic nitrogens is 1. The van der Waals surface area contributed by atoms with Crippen molar-refractivity contribution in [2.24, 2.45) is 10.4 Å². The molecule has 4 atom stereocenters. The molecular formula is C42H53BrN4O4Si. The molecule has 8 nitrogen and oxygen atoms in total. The Labute approximate surface area is 318 Å². The fourth-order valence-corrected chi connectivity index (χ4v) is 13.9. The van der Waals surface area contributed by atoms with Crippen molar-refractivity contribution in [2.75, 3.05) is 33.3 Å². The molecule has 276 valence electrons. The number of fused-ring (bicyclic) bond motifs is 1. The van der Waals surface area contributed by atoms with Gasteiger partial charge in [0, 0.05) is 59.4 Å². The van der Waals surface area contributed by atoms with E-state index in [1.807, 2.05) is 6.92 Å². The second-order valence-corrected chi connectivity index (χ2v) is 21.4. The summed E-state index contributed by atoms with van der Waals surface area (Å²) in [6, 6.07) is 29.8. The number of ether oxygens (including phenoxy) is 1. The lowest BCUT2D eigenvalue weighted by atomic mass is 9.70. The number of hydrogen-bond acceptors (Lipinski definition) is 5. The Bertz CT molecular complexity index is 1910. The van der Waals surface area contributed by atoms with Crippen LogP contribution in [0.1, 0.15) is 65.8 Å². The van der Waals surface area contributed by atoms with Gasteiger partial charge in [-0.3, -0.25) is 4.99 Å². The molecule has 52 heavy (non-hydrogen) atoms. The number of piperazine rings is 1. The average Bonchev–Trinajstić information content (AvgIpc) is 3.51. The van der Waals surface area contributed by atoms with Crippen molar-refractivity contribution in [1.29, 1.82) is 0 Å². The van der Waals surface area contributed by atoms with E-state index in [2.05, 4.69) is 159 Å². The van der Waals surface area contributed by atoms with Gasteiger partial charge in [-0.25, -0.2) is 4.79 Å². The molecule has 0 spiro atoms. The van der Waals surface area contributed by atoms with Gasteiger partial charge in [0.25, 0.3) is 8.32 Å². The van der Waals surface area contributed by atoms with E-state index in [4.69, 9.17) is 14.2 Å². The quantitative estimate of drug-likeness (QED) is 0.151. The van der Waals surface area contributed by atoms with Gasteiger partial charge in [-0.05, 0) is 49.7 Å². The Morgan fingerprint density at radius 1 is 0.981 bits per heavy atom. The van der Waals surface area contributed by atoms with Crippen molar-refractivity contribution in [3.63, 3.8) is 0 Å². The Morgan fingerprint density at radius 2 is 1.58 bits per heavy atom. The second-order valence-electron chi connectivity index (χ2n) is 16.3. The molecule has 4 unspecified atom stereocenters. The molecule has 3 N–H and O–H groups in total. The minimum Gasteiger partial charge on any atom is -0.465 e. The maximum atomic E-state index is 12.4. The van der Waals surface area contributed by atoms with Crippen molar-refractivity contribution in [3.8, 4) is 0 Å².